The van der Waals surface area contributed by atoms with Crippen molar-refractivity contribution >= 4 is 33.8 Å². The number of carbonyl (C=O) groups is 1. The molecule has 0 saturated carbocycles. The Hall–Kier alpha value is -3.45. The van der Waals surface area contributed by atoms with Crippen LogP contribution in [-0.4, -0.2) is 27.3 Å². The number of nitro groups is 1. The molecule has 1 N–H and O–H groups in total. The smallest absolute Gasteiger partial charge is 0.269 e. The molecule has 1 aliphatic rings. The fourth-order valence-electron chi connectivity index (χ4n) is 4.16. The van der Waals surface area contributed by atoms with Crippen LogP contribution in [0.5, 0.6) is 0 Å². The van der Waals surface area contributed by atoms with E-state index in [4.69, 9.17) is 0 Å². The van der Waals surface area contributed by atoms with Crippen LogP contribution in [0.4, 0.5) is 5.69 Å². The first-order valence-electron chi connectivity index (χ1n) is 9.32. The van der Waals surface area contributed by atoms with Crippen LogP contribution in [0.25, 0.3) is 10.9 Å². The third-order valence-corrected chi connectivity index (χ3v) is 6.28. The topological polar surface area (TPSA) is 79.2 Å². The highest BCUT2D eigenvalue weighted by molar-refractivity contribution is 7.12. The van der Waals surface area contributed by atoms with Gasteiger partial charge in [0.1, 0.15) is 0 Å². The Morgan fingerprint density at radius 3 is 2.79 bits per heavy atom. The van der Waals surface area contributed by atoms with Crippen molar-refractivity contribution in [2.45, 2.75) is 12.5 Å². The monoisotopic (exact) mass is 403 g/mol. The molecule has 0 spiro atoms. The SMILES string of the molecule is O=C(c1cccs1)N1CCc2c([nH]c3ccccc23)[C@H]1c1cccc([N+](=O)[O-])c1. The van der Waals surface area contributed by atoms with Gasteiger partial charge in [-0.2, -0.15) is 0 Å². The maximum Gasteiger partial charge on any atom is 0.269 e. The van der Waals surface area contributed by atoms with Gasteiger partial charge in [-0.05, 0) is 35.1 Å². The summed E-state index contributed by atoms with van der Waals surface area (Å²) in [6, 6.07) is 17.9. The average molecular weight is 403 g/mol. The van der Waals surface area contributed by atoms with Crippen molar-refractivity contribution < 1.29 is 9.72 Å². The van der Waals surface area contributed by atoms with E-state index in [-0.39, 0.29) is 11.6 Å². The van der Waals surface area contributed by atoms with Crippen molar-refractivity contribution in [1.29, 1.82) is 0 Å². The van der Waals surface area contributed by atoms with Crippen molar-refractivity contribution in [2.75, 3.05) is 6.54 Å². The van der Waals surface area contributed by atoms with Crippen LogP contribution in [0, 0.1) is 10.1 Å². The van der Waals surface area contributed by atoms with Crippen molar-refractivity contribution in [2.24, 2.45) is 0 Å². The van der Waals surface area contributed by atoms with Gasteiger partial charge in [-0.25, -0.2) is 0 Å². The van der Waals surface area contributed by atoms with Crippen LogP contribution >= 0.6 is 11.3 Å². The molecule has 0 radical (unpaired) electrons. The quantitative estimate of drug-likeness (QED) is 0.389. The van der Waals surface area contributed by atoms with Gasteiger partial charge in [-0.1, -0.05) is 36.4 Å². The lowest BCUT2D eigenvalue weighted by molar-refractivity contribution is -0.384. The first kappa shape index (κ1) is 17.6. The molecule has 0 fully saturated rings. The Kier molecular flexibility index (Phi) is 4.17. The Labute approximate surface area is 170 Å². The molecule has 1 aliphatic heterocycles. The molecule has 3 heterocycles. The van der Waals surface area contributed by atoms with Crippen LogP contribution in [0.2, 0.25) is 0 Å². The molecule has 1 amide bonds. The lowest BCUT2D eigenvalue weighted by Crippen LogP contribution is -2.40. The van der Waals surface area contributed by atoms with Gasteiger partial charge in [0.05, 0.1) is 15.8 Å². The summed E-state index contributed by atoms with van der Waals surface area (Å²) in [4.78, 5) is 30.2. The molecule has 0 bridgehead atoms. The number of nitrogens with one attached hydrogen (secondary N) is 1. The minimum atomic E-state index is -0.402. The van der Waals surface area contributed by atoms with Gasteiger partial charge >= 0.3 is 0 Å². The number of H-pyrrole nitrogens is 1. The highest BCUT2D eigenvalue weighted by Gasteiger charge is 2.35. The lowest BCUT2D eigenvalue weighted by atomic mass is 9.92. The molecule has 0 unspecified atom stereocenters. The Bertz CT molecular complexity index is 1230. The van der Waals surface area contributed by atoms with E-state index < -0.39 is 11.0 Å². The number of amides is 1. The first-order valence-corrected chi connectivity index (χ1v) is 10.2. The van der Waals surface area contributed by atoms with E-state index >= 15 is 0 Å². The maximum atomic E-state index is 13.3. The normalized spacial score (nSPS) is 16.0. The second kappa shape index (κ2) is 6.86. The van der Waals surface area contributed by atoms with Gasteiger partial charge < -0.3 is 9.88 Å². The van der Waals surface area contributed by atoms with Crippen molar-refractivity contribution in [3.63, 3.8) is 0 Å². The molecule has 2 aromatic heterocycles. The summed E-state index contributed by atoms with van der Waals surface area (Å²) in [6.07, 6.45) is 0.738. The van der Waals surface area contributed by atoms with Crippen LogP contribution in [-0.2, 0) is 6.42 Å². The number of nitrogens with zero attached hydrogens (tertiary/aromatic N) is 2. The molecular weight excluding hydrogens is 386 g/mol. The Morgan fingerprint density at radius 1 is 1.14 bits per heavy atom. The zero-order valence-corrected chi connectivity index (χ0v) is 16.2. The van der Waals surface area contributed by atoms with Crippen LogP contribution in [0.3, 0.4) is 0 Å². The Balaban J connectivity index is 1.70. The highest BCUT2D eigenvalue weighted by atomic mass is 32.1. The molecule has 7 heteroatoms. The van der Waals surface area contributed by atoms with Crippen LogP contribution in [0.15, 0.2) is 66.0 Å². The predicted molar refractivity (Wildman–Crippen MR) is 112 cm³/mol. The molecule has 5 rings (SSSR count). The summed E-state index contributed by atoms with van der Waals surface area (Å²) in [5, 5.41) is 14.4. The largest absolute Gasteiger partial charge is 0.356 e. The highest BCUT2D eigenvalue weighted by Crippen LogP contribution is 2.40. The second-order valence-corrected chi connectivity index (χ2v) is 7.99. The van der Waals surface area contributed by atoms with Crippen molar-refractivity contribution in [3.8, 4) is 0 Å². The van der Waals surface area contributed by atoms with E-state index in [1.54, 1.807) is 12.1 Å². The number of carbonyl (C=O) groups excluding carboxylic acids is 1. The van der Waals surface area contributed by atoms with Gasteiger partial charge in [0.25, 0.3) is 11.6 Å². The van der Waals surface area contributed by atoms with Gasteiger partial charge in [0.15, 0.2) is 0 Å². The second-order valence-electron chi connectivity index (χ2n) is 7.04. The van der Waals surface area contributed by atoms with Gasteiger partial charge in [-0.3, -0.25) is 14.9 Å². The number of aromatic amines is 1. The van der Waals surface area contributed by atoms with Crippen molar-refractivity contribution in [3.05, 3.63) is 97.9 Å². The number of non-ortho nitro benzene ring substituents is 1. The van der Waals surface area contributed by atoms with Gasteiger partial charge in [0, 0.05) is 35.3 Å². The van der Waals surface area contributed by atoms with E-state index in [1.165, 1.54) is 23.0 Å². The number of rotatable bonds is 3. The molecule has 0 saturated heterocycles. The molecular formula is C22H17N3O3S. The molecule has 29 heavy (non-hydrogen) atoms. The van der Waals surface area contributed by atoms with Crippen LogP contribution < -0.4 is 0 Å². The minimum Gasteiger partial charge on any atom is -0.356 e. The zero-order chi connectivity index (χ0) is 20.0. The number of benzene rings is 2. The van der Waals surface area contributed by atoms with E-state index in [0.717, 1.165) is 28.6 Å². The summed E-state index contributed by atoms with van der Waals surface area (Å²) in [7, 11) is 0. The summed E-state index contributed by atoms with van der Waals surface area (Å²) in [5.41, 5.74) is 3.87. The minimum absolute atomic E-state index is 0.0225. The van der Waals surface area contributed by atoms with Crippen molar-refractivity contribution in [1.82, 2.24) is 9.88 Å². The summed E-state index contributed by atoms with van der Waals surface area (Å²) >= 11 is 1.41. The molecule has 4 aromatic rings. The van der Waals surface area contributed by atoms with E-state index in [1.807, 2.05) is 46.7 Å². The maximum absolute atomic E-state index is 13.3. The van der Waals surface area contributed by atoms with E-state index in [9.17, 15) is 14.9 Å². The number of fused-ring (bicyclic) bond motifs is 3. The number of nitro benzene ring substituents is 1. The standard InChI is InChI=1S/C22H17N3O3S/c26-22(19-9-4-12-29-19)24-11-10-17-16-7-1-2-8-18(16)23-20(17)21(24)14-5-3-6-15(13-14)25(27)28/h1-9,12-13,21,23H,10-11H2/t21-/m1/s1. The number of hydrogen-bond donors (Lipinski definition) is 1. The van der Waals surface area contributed by atoms with Gasteiger partial charge in [0.2, 0.25) is 0 Å². The van der Waals surface area contributed by atoms with Gasteiger partial charge in [-0.15, -0.1) is 11.3 Å². The number of aromatic nitrogens is 1. The third-order valence-electron chi connectivity index (χ3n) is 5.42. The fourth-order valence-corrected chi connectivity index (χ4v) is 4.84. The average Bonchev–Trinajstić information content (AvgIpc) is 3.40. The number of thiophene rings is 1. The number of para-hydroxylation sites is 1. The molecule has 6 nitrogen and oxygen atoms in total. The summed E-state index contributed by atoms with van der Waals surface area (Å²) in [6.45, 7) is 0.555. The molecule has 2 aromatic carbocycles. The Morgan fingerprint density at radius 2 is 2.00 bits per heavy atom. The number of hydrogen-bond acceptors (Lipinski definition) is 4. The van der Waals surface area contributed by atoms with Crippen LogP contribution in [0.1, 0.15) is 32.5 Å². The first-order chi connectivity index (χ1) is 14.1. The third kappa shape index (κ3) is 2.91. The molecule has 1 atom stereocenters. The molecule has 0 aliphatic carbocycles. The lowest BCUT2D eigenvalue weighted by Gasteiger charge is -2.36. The fraction of sp³-hybridized carbons (Fsp3) is 0.136. The zero-order valence-electron chi connectivity index (χ0n) is 15.4. The predicted octanol–water partition coefficient (Wildman–Crippen LogP) is 4.93. The summed E-state index contributed by atoms with van der Waals surface area (Å²) < 4.78 is 0. The van der Waals surface area contributed by atoms with E-state index in [0.29, 0.717) is 11.4 Å². The van der Waals surface area contributed by atoms with E-state index in [2.05, 4.69) is 11.1 Å². The molecule has 144 valence electrons. The summed E-state index contributed by atoms with van der Waals surface area (Å²) in [5.74, 6) is -0.0548.